The lowest BCUT2D eigenvalue weighted by atomic mass is 9.99. The van der Waals surface area contributed by atoms with Crippen molar-refractivity contribution in [1.29, 1.82) is 0 Å². The standard InChI is InChI=1S/C22H23F3N2O3/c23-22(24,25)18-7-9-19(10-8-18)30-15-20(28)26-12-3-6-21(29)27-13-11-16-4-1-2-5-17(16)14-27/h1-2,4-5,7-10H,3,6,11-15H2,(H,26,28). The highest BCUT2D eigenvalue weighted by Crippen LogP contribution is 2.30. The van der Waals surface area contributed by atoms with Crippen LogP contribution < -0.4 is 10.1 Å². The van der Waals surface area contributed by atoms with Crippen LogP contribution in [0.2, 0.25) is 0 Å². The predicted octanol–water partition coefficient (Wildman–Crippen LogP) is 3.57. The topological polar surface area (TPSA) is 58.6 Å². The first kappa shape index (κ1) is 21.7. The lowest BCUT2D eigenvalue weighted by molar-refractivity contribution is -0.137. The quantitative estimate of drug-likeness (QED) is 0.697. The Morgan fingerprint density at radius 3 is 2.43 bits per heavy atom. The molecule has 3 rings (SSSR count). The number of carbonyl (C=O) groups excluding carboxylic acids is 2. The normalized spacial score (nSPS) is 13.5. The Morgan fingerprint density at radius 1 is 1.03 bits per heavy atom. The van der Waals surface area contributed by atoms with Crippen LogP contribution in [0.25, 0.3) is 0 Å². The van der Waals surface area contributed by atoms with E-state index in [0.717, 1.165) is 18.6 Å². The highest BCUT2D eigenvalue weighted by Gasteiger charge is 2.30. The Labute approximate surface area is 172 Å². The molecule has 0 bridgehead atoms. The Kier molecular flexibility index (Phi) is 6.97. The summed E-state index contributed by atoms with van der Waals surface area (Å²) in [5.41, 5.74) is 1.67. The van der Waals surface area contributed by atoms with Crippen LogP contribution in [0.15, 0.2) is 48.5 Å². The number of nitrogens with one attached hydrogen (secondary N) is 1. The van der Waals surface area contributed by atoms with Crippen molar-refractivity contribution in [3.63, 3.8) is 0 Å². The molecule has 0 saturated heterocycles. The minimum absolute atomic E-state index is 0.0553. The third-order valence-electron chi connectivity index (χ3n) is 4.92. The van der Waals surface area contributed by atoms with Crippen LogP contribution in [0.1, 0.15) is 29.5 Å². The van der Waals surface area contributed by atoms with Crippen molar-refractivity contribution in [1.82, 2.24) is 10.2 Å². The molecule has 160 valence electrons. The molecule has 2 aromatic rings. The Balaban J connectivity index is 1.33. The molecule has 0 atom stereocenters. The van der Waals surface area contributed by atoms with Crippen LogP contribution in [0, 0.1) is 0 Å². The van der Waals surface area contributed by atoms with Gasteiger partial charge in [0.05, 0.1) is 5.56 Å². The van der Waals surface area contributed by atoms with Crippen molar-refractivity contribution < 1.29 is 27.5 Å². The third kappa shape index (κ3) is 5.98. The van der Waals surface area contributed by atoms with Gasteiger partial charge in [0.15, 0.2) is 6.61 Å². The average Bonchev–Trinajstić information content (AvgIpc) is 2.74. The fraction of sp³-hybridized carbons (Fsp3) is 0.364. The van der Waals surface area contributed by atoms with Crippen LogP contribution in [-0.2, 0) is 28.7 Å². The summed E-state index contributed by atoms with van der Waals surface area (Å²) in [5, 5.41) is 2.65. The first-order valence-electron chi connectivity index (χ1n) is 9.74. The molecule has 2 aromatic carbocycles. The molecule has 1 heterocycles. The number of fused-ring (bicyclic) bond motifs is 1. The van der Waals surface area contributed by atoms with Crippen LogP contribution in [0.3, 0.4) is 0 Å². The maximum atomic E-state index is 12.5. The monoisotopic (exact) mass is 420 g/mol. The van der Waals surface area contributed by atoms with Gasteiger partial charge in [0.1, 0.15) is 5.75 Å². The summed E-state index contributed by atoms with van der Waals surface area (Å²) in [6.07, 6.45) is -2.73. The van der Waals surface area contributed by atoms with Crippen molar-refractivity contribution in [2.45, 2.75) is 32.0 Å². The highest BCUT2D eigenvalue weighted by atomic mass is 19.4. The van der Waals surface area contributed by atoms with Gasteiger partial charge in [-0.2, -0.15) is 13.2 Å². The van der Waals surface area contributed by atoms with E-state index in [0.29, 0.717) is 32.5 Å². The van der Waals surface area contributed by atoms with Crippen molar-refractivity contribution >= 4 is 11.8 Å². The highest BCUT2D eigenvalue weighted by molar-refractivity contribution is 5.78. The number of carbonyl (C=O) groups is 2. The number of hydrogen-bond acceptors (Lipinski definition) is 3. The second-order valence-corrected chi connectivity index (χ2v) is 7.10. The van der Waals surface area contributed by atoms with E-state index in [-0.39, 0.29) is 18.3 Å². The molecule has 5 nitrogen and oxygen atoms in total. The molecular formula is C22H23F3N2O3. The zero-order chi connectivity index (χ0) is 21.6. The number of alkyl halides is 3. The molecule has 0 aromatic heterocycles. The van der Waals surface area contributed by atoms with E-state index in [9.17, 15) is 22.8 Å². The summed E-state index contributed by atoms with van der Waals surface area (Å²) in [5.74, 6) is -0.160. The van der Waals surface area contributed by atoms with E-state index < -0.39 is 17.6 Å². The smallest absolute Gasteiger partial charge is 0.416 e. The lowest BCUT2D eigenvalue weighted by Crippen LogP contribution is -2.36. The van der Waals surface area contributed by atoms with Crippen molar-refractivity contribution in [3.05, 3.63) is 65.2 Å². The second kappa shape index (κ2) is 9.65. The van der Waals surface area contributed by atoms with Crippen molar-refractivity contribution in [2.24, 2.45) is 0 Å². The van der Waals surface area contributed by atoms with Crippen LogP contribution in [-0.4, -0.2) is 36.4 Å². The number of rotatable bonds is 7. The molecule has 1 aliphatic heterocycles. The summed E-state index contributed by atoms with van der Waals surface area (Å²) in [6.45, 7) is 1.33. The summed E-state index contributed by atoms with van der Waals surface area (Å²) in [7, 11) is 0. The molecule has 1 N–H and O–H groups in total. The molecule has 0 unspecified atom stereocenters. The second-order valence-electron chi connectivity index (χ2n) is 7.10. The molecule has 0 saturated carbocycles. The van der Waals surface area contributed by atoms with E-state index in [4.69, 9.17) is 4.74 Å². The van der Waals surface area contributed by atoms with Gasteiger partial charge in [0, 0.05) is 26.1 Å². The fourth-order valence-corrected chi connectivity index (χ4v) is 3.27. The van der Waals surface area contributed by atoms with Gasteiger partial charge in [0.25, 0.3) is 5.91 Å². The van der Waals surface area contributed by atoms with Crippen LogP contribution in [0.5, 0.6) is 5.75 Å². The molecule has 0 fully saturated rings. The Morgan fingerprint density at radius 2 is 1.73 bits per heavy atom. The van der Waals surface area contributed by atoms with Gasteiger partial charge in [0.2, 0.25) is 5.91 Å². The average molecular weight is 420 g/mol. The molecule has 2 amide bonds. The number of halogens is 3. The number of hydrogen-bond donors (Lipinski definition) is 1. The lowest BCUT2D eigenvalue weighted by Gasteiger charge is -2.29. The van der Waals surface area contributed by atoms with Gasteiger partial charge in [-0.1, -0.05) is 24.3 Å². The summed E-state index contributed by atoms with van der Waals surface area (Å²) >= 11 is 0. The zero-order valence-electron chi connectivity index (χ0n) is 16.4. The van der Waals surface area contributed by atoms with Gasteiger partial charge >= 0.3 is 6.18 Å². The van der Waals surface area contributed by atoms with Gasteiger partial charge in [-0.3, -0.25) is 9.59 Å². The number of amides is 2. The maximum Gasteiger partial charge on any atom is 0.416 e. The van der Waals surface area contributed by atoms with E-state index in [1.807, 2.05) is 23.1 Å². The Bertz CT molecular complexity index is 882. The van der Waals surface area contributed by atoms with E-state index in [2.05, 4.69) is 11.4 Å². The van der Waals surface area contributed by atoms with Crippen molar-refractivity contribution in [2.75, 3.05) is 19.7 Å². The summed E-state index contributed by atoms with van der Waals surface area (Å²) < 4.78 is 42.7. The molecule has 0 radical (unpaired) electrons. The molecular weight excluding hydrogens is 397 g/mol. The predicted molar refractivity (Wildman–Crippen MR) is 105 cm³/mol. The number of benzene rings is 2. The first-order valence-corrected chi connectivity index (χ1v) is 9.74. The van der Waals surface area contributed by atoms with Crippen LogP contribution in [0.4, 0.5) is 13.2 Å². The third-order valence-corrected chi connectivity index (χ3v) is 4.92. The van der Waals surface area contributed by atoms with E-state index in [1.165, 1.54) is 23.3 Å². The summed E-state index contributed by atoms with van der Waals surface area (Å²) in [4.78, 5) is 26.0. The van der Waals surface area contributed by atoms with Crippen LogP contribution >= 0.6 is 0 Å². The molecule has 0 aliphatic carbocycles. The number of ether oxygens (including phenoxy) is 1. The number of nitrogens with zero attached hydrogens (tertiary/aromatic N) is 1. The van der Waals surface area contributed by atoms with Gasteiger partial charge in [-0.05, 0) is 48.2 Å². The zero-order valence-corrected chi connectivity index (χ0v) is 16.4. The minimum atomic E-state index is -4.41. The SMILES string of the molecule is O=C(COc1ccc(C(F)(F)F)cc1)NCCCC(=O)N1CCc2ccccc2C1. The van der Waals surface area contributed by atoms with Gasteiger partial charge < -0.3 is 15.0 Å². The van der Waals surface area contributed by atoms with E-state index >= 15 is 0 Å². The summed E-state index contributed by atoms with van der Waals surface area (Å²) in [6, 6.07) is 12.2. The van der Waals surface area contributed by atoms with Crippen molar-refractivity contribution in [3.8, 4) is 5.75 Å². The fourth-order valence-electron chi connectivity index (χ4n) is 3.27. The van der Waals surface area contributed by atoms with Gasteiger partial charge in [-0.15, -0.1) is 0 Å². The molecule has 8 heteroatoms. The van der Waals surface area contributed by atoms with E-state index in [1.54, 1.807) is 0 Å². The Hall–Kier alpha value is -3.03. The minimum Gasteiger partial charge on any atom is -0.484 e. The molecule has 1 aliphatic rings. The molecule has 0 spiro atoms. The molecule has 30 heavy (non-hydrogen) atoms. The largest absolute Gasteiger partial charge is 0.484 e. The van der Waals surface area contributed by atoms with Gasteiger partial charge in [-0.25, -0.2) is 0 Å². The maximum absolute atomic E-state index is 12.5. The first-order chi connectivity index (χ1) is 14.3.